The second-order valence-corrected chi connectivity index (χ2v) is 7.56. The van der Waals surface area contributed by atoms with Crippen molar-refractivity contribution in [3.63, 3.8) is 0 Å². The lowest BCUT2D eigenvalue weighted by atomic mass is 9.72. The molecule has 0 saturated heterocycles. The molecule has 29 heavy (non-hydrogen) atoms. The number of rotatable bonds is 1. The first-order chi connectivity index (χ1) is 14.2. The van der Waals surface area contributed by atoms with E-state index in [0.29, 0.717) is 28.9 Å². The Morgan fingerprint density at radius 1 is 0.724 bits per heavy atom. The zero-order valence-corrected chi connectivity index (χ0v) is 15.4. The Hall–Kier alpha value is -3.66. The summed E-state index contributed by atoms with van der Waals surface area (Å²) in [7, 11) is 0. The van der Waals surface area contributed by atoms with E-state index in [9.17, 15) is 9.59 Å². The first-order valence-electron chi connectivity index (χ1n) is 9.63. The fraction of sp³-hybridized carbons (Fsp3) is 0.120. The molecule has 0 amide bonds. The second kappa shape index (κ2) is 5.67. The Kier molecular flexibility index (Phi) is 3.19. The zero-order chi connectivity index (χ0) is 19.6. The molecule has 2 atom stereocenters. The van der Waals surface area contributed by atoms with Gasteiger partial charge >= 0.3 is 0 Å². The summed E-state index contributed by atoms with van der Waals surface area (Å²) in [6.07, 6.45) is 0.439. The monoisotopic (exact) mass is 380 g/mol. The first-order valence-corrected chi connectivity index (χ1v) is 9.63. The van der Waals surface area contributed by atoms with Crippen molar-refractivity contribution < 1.29 is 19.1 Å². The number of para-hydroxylation sites is 1. The second-order valence-electron chi connectivity index (χ2n) is 7.56. The molecule has 0 spiro atoms. The number of Topliss-reactive ketones (excluding diaryl/α,β-unsaturated/α-hetero) is 2. The number of carbonyl (C=O) groups is 2. The van der Waals surface area contributed by atoms with Gasteiger partial charge in [0.15, 0.2) is 11.5 Å². The van der Waals surface area contributed by atoms with Crippen LogP contribution in [0, 0.1) is 0 Å². The van der Waals surface area contributed by atoms with E-state index in [1.54, 1.807) is 24.3 Å². The SMILES string of the molecule is O=C1C2=C(C(=O)c3ccccc31)[C@H]1C[C@@](c3ccccc3)(O2)Oc2ccccc21. The highest BCUT2D eigenvalue weighted by Gasteiger charge is 2.54. The molecule has 2 aliphatic heterocycles. The summed E-state index contributed by atoms with van der Waals surface area (Å²) < 4.78 is 12.7. The van der Waals surface area contributed by atoms with E-state index in [2.05, 4.69) is 0 Å². The van der Waals surface area contributed by atoms with E-state index in [1.165, 1.54) is 0 Å². The Morgan fingerprint density at radius 2 is 1.38 bits per heavy atom. The van der Waals surface area contributed by atoms with Crippen molar-refractivity contribution in [2.75, 3.05) is 0 Å². The van der Waals surface area contributed by atoms with Gasteiger partial charge in [-0.3, -0.25) is 9.59 Å². The van der Waals surface area contributed by atoms with Crippen molar-refractivity contribution in [1.82, 2.24) is 0 Å². The molecule has 6 rings (SSSR count). The highest BCUT2D eigenvalue weighted by molar-refractivity contribution is 6.26. The highest BCUT2D eigenvalue weighted by atomic mass is 16.7. The molecule has 2 bridgehead atoms. The van der Waals surface area contributed by atoms with Crippen LogP contribution in [0.3, 0.4) is 0 Å². The van der Waals surface area contributed by atoms with Crippen LogP contribution in [0.25, 0.3) is 0 Å². The molecule has 4 heteroatoms. The summed E-state index contributed by atoms with van der Waals surface area (Å²) >= 11 is 0. The van der Waals surface area contributed by atoms with Crippen LogP contribution in [-0.2, 0) is 10.5 Å². The summed E-state index contributed by atoms with van der Waals surface area (Å²) in [5.74, 6) is -1.02. The summed E-state index contributed by atoms with van der Waals surface area (Å²) in [4.78, 5) is 26.7. The van der Waals surface area contributed by atoms with Crippen molar-refractivity contribution in [2.45, 2.75) is 18.1 Å². The van der Waals surface area contributed by atoms with Crippen LogP contribution in [0.1, 0.15) is 44.2 Å². The summed E-state index contributed by atoms with van der Waals surface area (Å²) in [5.41, 5.74) is 3.00. The standard InChI is InChI=1S/C25H16O4/c26-22-17-11-4-5-12-18(17)23(27)24-21(22)19-14-25(29-24,15-8-2-1-3-9-15)28-20-13-7-6-10-16(19)20/h1-13,19H,14H2/t19-,25-/m0/s1. The molecule has 4 nitrogen and oxygen atoms in total. The Bertz CT molecular complexity index is 1220. The quantitative estimate of drug-likeness (QED) is 0.610. The molecule has 3 aromatic rings. The normalized spacial score (nSPS) is 24.1. The topological polar surface area (TPSA) is 52.6 Å². The van der Waals surface area contributed by atoms with Gasteiger partial charge in [0.25, 0.3) is 5.79 Å². The van der Waals surface area contributed by atoms with Crippen molar-refractivity contribution in [3.8, 4) is 5.75 Å². The largest absolute Gasteiger partial charge is 0.448 e. The van der Waals surface area contributed by atoms with Gasteiger partial charge in [-0.05, 0) is 6.07 Å². The Labute approximate surface area is 167 Å². The molecule has 1 aliphatic carbocycles. The van der Waals surface area contributed by atoms with E-state index >= 15 is 0 Å². The first kappa shape index (κ1) is 16.3. The van der Waals surface area contributed by atoms with E-state index in [0.717, 1.165) is 11.1 Å². The minimum Gasteiger partial charge on any atom is -0.448 e. The van der Waals surface area contributed by atoms with E-state index in [4.69, 9.17) is 9.47 Å². The summed E-state index contributed by atoms with van der Waals surface area (Å²) in [5, 5.41) is 0. The average molecular weight is 380 g/mol. The summed E-state index contributed by atoms with van der Waals surface area (Å²) in [6.45, 7) is 0. The predicted octanol–water partition coefficient (Wildman–Crippen LogP) is 4.77. The predicted molar refractivity (Wildman–Crippen MR) is 106 cm³/mol. The van der Waals surface area contributed by atoms with Crippen LogP contribution in [0.4, 0.5) is 0 Å². The maximum absolute atomic E-state index is 13.4. The lowest BCUT2D eigenvalue weighted by Crippen LogP contribution is -2.47. The van der Waals surface area contributed by atoms with Gasteiger partial charge in [-0.25, -0.2) is 0 Å². The minimum atomic E-state index is -1.14. The number of fused-ring (bicyclic) bond motifs is 6. The van der Waals surface area contributed by atoms with Crippen LogP contribution in [0.2, 0.25) is 0 Å². The maximum atomic E-state index is 13.4. The van der Waals surface area contributed by atoms with E-state index < -0.39 is 5.79 Å². The molecule has 0 fully saturated rings. The van der Waals surface area contributed by atoms with Gasteiger partial charge < -0.3 is 9.47 Å². The van der Waals surface area contributed by atoms with Crippen molar-refractivity contribution in [2.24, 2.45) is 0 Å². The van der Waals surface area contributed by atoms with Crippen LogP contribution in [0.5, 0.6) is 5.75 Å². The number of ketones is 2. The molecule has 3 aliphatic rings. The highest BCUT2D eigenvalue weighted by Crippen LogP contribution is 2.55. The lowest BCUT2D eigenvalue weighted by molar-refractivity contribution is -0.185. The number of ether oxygens (including phenoxy) is 2. The number of hydrogen-bond acceptors (Lipinski definition) is 4. The van der Waals surface area contributed by atoms with Crippen molar-refractivity contribution >= 4 is 11.6 Å². The third-order valence-corrected chi connectivity index (χ3v) is 5.98. The van der Waals surface area contributed by atoms with E-state index in [1.807, 2.05) is 54.6 Å². The molecule has 3 aromatic carbocycles. The number of carbonyl (C=O) groups excluding carboxylic acids is 2. The van der Waals surface area contributed by atoms with Gasteiger partial charge in [0.2, 0.25) is 5.78 Å². The van der Waals surface area contributed by atoms with Gasteiger partial charge in [-0.2, -0.15) is 0 Å². The molecule has 2 heterocycles. The van der Waals surface area contributed by atoms with E-state index in [-0.39, 0.29) is 23.2 Å². The molecule has 0 N–H and O–H groups in total. The molecule has 0 unspecified atom stereocenters. The lowest BCUT2D eigenvalue weighted by Gasteiger charge is -2.47. The molecular formula is C25H16O4. The smallest absolute Gasteiger partial charge is 0.279 e. The third kappa shape index (κ3) is 2.14. The number of hydrogen-bond donors (Lipinski definition) is 0. The maximum Gasteiger partial charge on any atom is 0.279 e. The van der Waals surface area contributed by atoms with Gasteiger partial charge in [-0.15, -0.1) is 0 Å². The van der Waals surface area contributed by atoms with Crippen molar-refractivity contribution in [3.05, 3.63) is 112 Å². The molecule has 0 radical (unpaired) electrons. The van der Waals surface area contributed by atoms with Gasteiger partial charge in [0.05, 0.1) is 5.57 Å². The number of allylic oxidation sites excluding steroid dienone is 2. The van der Waals surface area contributed by atoms with Crippen LogP contribution >= 0.6 is 0 Å². The number of benzene rings is 3. The van der Waals surface area contributed by atoms with Crippen LogP contribution in [-0.4, -0.2) is 11.6 Å². The molecular weight excluding hydrogens is 364 g/mol. The van der Waals surface area contributed by atoms with Gasteiger partial charge in [0.1, 0.15) is 5.75 Å². The molecule has 0 aromatic heterocycles. The Balaban J connectivity index is 1.63. The summed E-state index contributed by atoms with van der Waals surface area (Å²) in [6, 6.07) is 24.2. The minimum absolute atomic E-state index is 0.114. The zero-order valence-electron chi connectivity index (χ0n) is 15.4. The van der Waals surface area contributed by atoms with Gasteiger partial charge in [0, 0.05) is 34.6 Å². The molecule has 0 saturated carbocycles. The average Bonchev–Trinajstić information content (AvgIpc) is 2.78. The molecule has 140 valence electrons. The van der Waals surface area contributed by atoms with Gasteiger partial charge in [-0.1, -0.05) is 72.8 Å². The fourth-order valence-electron chi connectivity index (χ4n) is 4.66. The third-order valence-electron chi connectivity index (χ3n) is 5.98. The van der Waals surface area contributed by atoms with Crippen molar-refractivity contribution in [1.29, 1.82) is 0 Å². The van der Waals surface area contributed by atoms with Crippen LogP contribution < -0.4 is 4.74 Å². The Morgan fingerprint density at radius 3 is 2.17 bits per heavy atom. The van der Waals surface area contributed by atoms with Crippen LogP contribution in [0.15, 0.2) is 90.2 Å². The fourth-order valence-corrected chi connectivity index (χ4v) is 4.66.